The van der Waals surface area contributed by atoms with Gasteiger partial charge in [-0.1, -0.05) is 182 Å². The number of benzene rings is 11. The van der Waals surface area contributed by atoms with Crippen molar-refractivity contribution in [3.8, 4) is 44.5 Å². The summed E-state index contributed by atoms with van der Waals surface area (Å²) in [6, 6.07) is 90.0. The van der Waals surface area contributed by atoms with Gasteiger partial charge >= 0.3 is 0 Å². The summed E-state index contributed by atoms with van der Waals surface area (Å²) in [6.07, 6.45) is 0. The van der Waals surface area contributed by atoms with Crippen molar-refractivity contribution in [2.75, 3.05) is 9.80 Å². The summed E-state index contributed by atoms with van der Waals surface area (Å²) in [5.41, 5.74) is 22.0. The molecule has 0 atom stereocenters. The smallest absolute Gasteiger partial charge is 0.0726 e. The molecule has 0 aromatic heterocycles. The van der Waals surface area contributed by atoms with E-state index in [1.54, 1.807) is 0 Å². The van der Waals surface area contributed by atoms with Gasteiger partial charge in [0.15, 0.2) is 0 Å². The second-order valence-corrected chi connectivity index (χ2v) is 17.6. The lowest BCUT2D eigenvalue weighted by atomic mass is 9.70. The molecule has 0 amide bonds. The lowest BCUT2D eigenvalue weighted by Crippen LogP contribution is -2.26. The van der Waals surface area contributed by atoms with Gasteiger partial charge in [-0.15, -0.1) is 0 Å². The van der Waals surface area contributed by atoms with Crippen molar-refractivity contribution in [2.24, 2.45) is 0 Å². The third-order valence-electron chi connectivity index (χ3n) is 14.4. The zero-order valence-corrected chi connectivity index (χ0v) is 35.5. The Hall–Kier alpha value is -8.46. The highest BCUT2D eigenvalue weighted by Gasteiger charge is 2.51. The number of hydrogen-bond donors (Lipinski definition) is 0. The van der Waals surface area contributed by atoms with Gasteiger partial charge < -0.3 is 9.80 Å². The molecule has 1 heterocycles. The Balaban J connectivity index is 0.893. The van der Waals surface area contributed by atoms with Crippen molar-refractivity contribution in [1.82, 2.24) is 0 Å². The molecule has 65 heavy (non-hydrogen) atoms. The van der Waals surface area contributed by atoms with Crippen molar-refractivity contribution in [2.45, 2.75) is 5.41 Å². The first-order chi connectivity index (χ1) is 32.3. The van der Waals surface area contributed by atoms with Crippen LogP contribution in [0.25, 0.3) is 66.1 Å². The average molecular weight is 825 g/mol. The van der Waals surface area contributed by atoms with Crippen molar-refractivity contribution < 1.29 is 0 Å². The highest BCUT2D eigenvalue weighted by molar-refractivity contribution is 6.19. The van der Waals surface area contributed by atoms with Gasteiger partial charge in [0.05, 0.1) is 16.8 Å². The molecule has 0 N–H and O–H groups in total. The second-order valence-electron chi connectivity index (χ2n) is 17.6. The summed E-state index contributed by atoms with van der Waals surface area (Å²) in [5.74, 6) is 0. The lowest BCUT2D eigenvalue weighted by Gasteiger charge is -2.34. The van der Waals surface area contributed by atoms with E-state index in [9.17, 15) is 0 Å². The summed E-state index contributed by atoms with van der Waals surface area (Å²) in [6.45, 7) is 0. The minimum atomic E-state index is -0.415. The topological polar surface area (TPSA) is 6.48 Å². The van der Waals surface area contributed by atoms with Crippen molar-refractivity contribution in [1.29, 1.82) is 0 Å². The van der Waals surface area contributed by atoms with Crippen LogP contribution in [0.4, 0.5) is 34.1 Å². The number of fused-ring (bicyclic) bond motifs is 14. The van der Waals surface area contributed by atoms with Gasteiger partial charge in [-0.3, -0.25) is 0 Å². The van der Waals surface area contributed by atoms with Gasteiger partial charge in [0.25, 0.3) is 0 Å². The molecule has 1 spiro atoms. The highest BCUT2D eigenvalue weighted by Crippen LogP contribution is 2.63. The van der Waals surface area contributed by atoms with Crippen LogP contribution in [-0.4, -0.2) is 0 Å². The molecule has 2 nitrogen and oxygen atoms in total. The van der Waals surface area contributed by atoms with Crippen molar-refractivity contribution >= 4 is 55.7 Å². The Morgan fingerprint density at radius 3 is 1.63 bits per heavy atom. The third kappa shape index (κ3) is 5.05. The van der Waals surface area contributed by atoms with Gasteiger partial charge in [-0.05, 0) is 138 Å². The molecular formula is C63H40N2. The zero-order valence-electron chi connectivity index (χ0n) is 35.5. The molecule has 1 aliphatic heterocycles. The van der Waals surface area contributed by atoms with Gasteiger partial charge in [-0.2, -0.15) is 0 Å². The van der Waals surface area contributed by atoms with Crippen LogP contribution in [0.5, 0.6) is 0 Å². The van der Waals surface area contributed by atoms with Crippen LogP contribution in [0.2, 0.25) is 0 Å². The van der Waals surface area contributed by atoms with Gasteiger partial charge in [0, 0.05) is 33.7 Å². The molecule has 0 bridgehead atoms. The van der Waals surface area contributed by atoms with Gasteiger partial charge in [0.2, 0.25) is 0 Å². The minimum Gasteiger partial charge on any atom is -0.310 e. The minimum absolute atomic E-state index is 0.415. The Morgan fingerprint density at radius 2 is 0.892 bits per heavy atom. The number of nitrogens with zero attached hydrogens (tertiary/aromatic N) is 2. The first-order valence-corrected chi connectivity index (χ1v) is 22.6. The van der Waals surface area contributed by atoms with E-state index in [4.69, 9.17) is 0 Å². The number of rotatable bonds is 5. The Bertz CT molecular complexity index is 3660. The van der Waals surface area contributed by atoms with E-state index in [2.05, 4.69) is 252 Å². The van der Waals surface area contributed by atoms with Crippen LogP contribution in [0, 0.1) is 0 Å². The van der Waals surface area contributed by atoms with E-state index in [1.807, 2.05) is 0 Å². The van der Waals surface area contributed by atoms with E-state index in [1.165, 1.54) is 99.7 Å². The molecule has 0 saturated heterocycles. The Labute approximate surface area is 378 Å². The SMILES string of the molecule is c1ccc(N(c2ccc(-c3cccc(N4c5ccc6ccccc6c5-c5cccc6cccc4c56)c3)cc2)c2ccc3c(c2)C2(c4ccccc4-c4ccccc42)c2ccccc2-3)cc1. The number of anilines is 6. The third-order valence-corrected chi connectivity index (χ3v) is 14.4. The Morgan fingerprint density at radius 1 is 0.323 bits per heavy atom. The van der Waals surface area contributed by atoms with Crippen LogP contribution in [-0.2, 0) is 5.41 Å². The fraction of sp³-hybridized carbons (Fsp3) is 0.0159. The van der Waals surface area contributed by atoms with Crippen LogP contribution >= 0.6 is 0 Å². The molecule has 0 radical (unpaired) electrons. The summed E-state index contributed by atoms with van der Waals surface area (Å²) in [4.78, 5) is 4.88. The van der Waals surface area contributed by atoms with E-state index in [-0.39, 0.29) is 0 Å². The maximum absolute atomic E-state index is 2.47. The molecular weight excluding hydrogens is 785 g/mol. The fourth-order valence-electron chi connectivity index (χ4n) is 11.7. The zero-order chi connectivity index (χ0) is 42.6. The molecule has 0 fully saturated rings. The second kappa shape index (κ2) is 13.8. The standard InChI is InChI=1S/C63H40N2/c1-2-19-45(20-3-1)64(48-36-37-53-52-25-8-11-29-57(52)63(58(53)40-48)55-27-9-6-23-50(55)51-24-7-10-28-56(51)63)46-34-31-41(32-35-46)44-18-12-21-47(39-44)65-59-30-14-17-43-16-13-26-54(61(43)59)62-49-22-5-4-15-42(49)33-38-60(62)65/h1-40H. The predicted octanol–water partition coefficient (Wildman–Crippen LogP) is 16.9. The first-order valence-electron chi connectivity index (χ1n) is 22.6. The molecule has 11 aromatic carbocycles. The molecule has 302 valence electrons. The van der Waals surface area contributed by atoms with Gasteiger partial charge in [0.1, 0.15) is 0 Å². The maximum atomic E-state index is 2.47. The lowest BCUT2D eigenvalue weighted by molar-refractivity contribution is 0.793. The largest absolute Gasteiger partial charge is 0.310 e. The van der Waals surface area contributed by atoms with E-state index in [0.717, 1.165) is 22.7 Å². The molecule has 2 aliphatic carbocycles. The normalized spacial score (nSPS) is 13.3. The molecule has 0 unspecified atom stereocenters. The van der Waals surface area contributed by atoms with Crippen molar-refractivity contribution in [3.63, 3.8) is 0 Å². The van der Waals surface area contributed by atoms with Crippen LogP contribution in [0.1, 0.15) is 22.3 Å². The molecule has 3 aliphatic rings. The summed E-state index contributed by atoms with van der Waals surface area (Å²) in [5, 5.41) is 5.06. The molecule has 11 aromatic rings. The quantitative estimate of drug-likeness (QED) is 0.171. The molecule has 2 heteroatoms. The van der Waals surface area contributed by atoms with Crippen LogP contribution < -0.4 is 9.80 Å². The van der Waals surface area contributed by atoms with E-state index in [0.29, 0.717) is 0 Å². The molecule has 0 saturated carbocycles. The van der Waals surface area contributed by atoms with E-state index < -0.39 is 5.41 Å². The molecule has 14 rings (SSSR count). The number of hydrogen-bond acceptors (Lipinski definition) is 2. The predicted molar refractivity (Wildman–Crippen MR) is 272 cm³/mol. The summed E-state index contributed by atoms with van der Waals surface area (Å²) >= 11 is 0. The number of para-hydroxylation sites is 1. The van der Waals surface area contributed by atoms with Crippen LogP contribution in [0.15, 0.2) is 243 Å². The Kier molecular flexibility index (Phi) is 7.64. The van der Waals surface area contributed by atoms with Crippen LogP contribution in [0.3, 0.4) is 0 Å². The first kappa shape index (κ1) is 36.1. The maximum Gasteiger partial charge on any atom is 0.0726 e. The van der Waals surface area contributed by atoms with E-state index >= 15 is 0 Å². The summed E-state index contributed by atoms with van der Waals surface area (Å²) < 4.78 is 0. The van der Waals surface area contributed by atoms with Gasteiger partial charge in [-0.25, -0.2) is 0 Å². The van der Waals surface area contributed by atoms with Crippen molar-refractivity contribution in [3.05, 3.63) is 265 Å². The summed E-state index contributed by atoms with van der Waals surface area (Å²) in [7, 11) is 0. The fourth-order valence-corrected chi connectivity index (χ4v) is 11.7. The average Bonchev–Trinajstić information content (AvgIpc) is 3.84. The monoisotopic (exact) mass is 824 g/mol. The highest BCUT2D eigenvalue weighted by atomic mass is 15.2.